The molecule has 2 heterocycles. The highest BCUT2D eigenvalue weighted by molar-refractivity contribution is 5.82. The van der Waals surface area contributed by atoms with Crippen molar-refractivity contribution in [1.29, 1.82) is 0 Å². The molecule has 102 valence electrons. The fourth-order valence-corrected chi connectivity index (χ4v) is 2.53. The number of nitrogens with one attached hydrogen (secondary N) is 1. The molecule has 2 aromatic heterocycles. The molecule has 20 heavy (non-hydrogen) atoms. The van der Waals surface area contributed by atoms with Gasteiger partial charge < -0.3 is 5.32 Å². The number of para-hydroxylation sites is 1. The third kappa shape index (κ3) is 2.06. The Balaban J connectivity index is 2.15. The molecule has 0 aliphatic rings. The highest BCUT2D eigenvalue weighted by Gasteiger charge is 2.18. The summed E-state index contributed by atoms with van der Waals surface area (Å²) in [5, 5.41) is 12.4. The molecule has 1 unspecified atom stereocenters. The molecule has 1 aromatic carbocycles. The van der Waals surface area contributed by atoms with E-state index in [0.29, 0.717) is 0 Å². The zero-order valence-corrected chi connectivity index (χ0v) is 11.8. The van der Waals surface area contributed by atoms with Crippen LogP contribution in [0.2, 0.25) is 0 Å². The summed E-state index contributed by atoms with van der Waals surface area (Å²) in [6, 6.07) is 10.3. The van der Waals surface area contributed by atoms with E-state index in [0.717, 1.165) is 16.9 Å². The molecule has 5 nitrogen and oxygen atoms in total. The zero-order valence-electron chi connectivity index (χ0n) is 11.8. The lowest BCUT2D eigenvalue weighted by Crippen LogP contribution is -2.21. The van der Waals surface area contributed by atoms with Crippen molar-refractivity contribution >= 4 is 10.9 Å². The van der Waals surface area contributed by atoms with Gasteiger partial charge >= 0.3 is 0 Å². The number of pyridine rings is 1. The molecule has 1 atom stereocenters. The van der Waals surface area contributed by atoms with Crippen LogP contribution in [-0.4, -0.2) is 27.0 Å². The van der Waals surface area contributed by atoms with E-state index < -0.39 is 0 Å². The van der Waals surface area contributed by atoms with Crippen LogP contribution >= 0.6 is 0 Å². The molecule has 5 heteroatoms. The summed E-state index contributed by atoms with van der Waals surface area (Å²) in [6.45, 7) is 2.11. The lowest BCUT2D eigenvalue weighted by atomic mass is 10.0. The lowest BCUT2D eigenvalue weighted by molar-refractivity contribution is 0.589. The number of rotatable bonds is 3. The summed E-state index contributed by atoms with van der Waals surface area (Å²) in [6.07, 6.45) is 1.77. The van der Waals surface area contributed by atoms with Gasteiger partial charge in [-0.3, -0.25) is 9.67 Å². The van der Waals surface area contributed by atoms with Gasteiger partial charge in [0.15, 0.2) is 0 Å². The summed E-state index contributed by atoms with van der Waals surface area (Å²) in [5.41, 5.74) is 4.21. The molecule has 0 radical (unpaired) electrons. The Hall–Kier alpha value is -2.27. The molecule has 0 saturated heterocycles. The quantitative estimate of drug-likeness (QED) is 0.788. The first kappa shape index (κ1) is 12.7. The monoisotopic (exact) mass is 267 g/mol. The molecule has 0 saturated carbocycles. The van der Waals surface area contributed by atoms with Crippen LogP contribution in [-0.2, 0) is 7.05 Å². The molecule has 1 N–H and O–H groups in total. The smallest absolute Gasteiger partial charge is 0.0936 e. The number of aromatic nitrogens is 4. The minimum atomic E-state index is -0.0155. The predicted octanol–water partition coefficient (Wildman–Crippen LogP) is 1.98. The second-order valence-electron chi connectivity index (χ2n) is 4.89. The van der Waals surface area contributed by atoms with Crippen molar-refractivity contribution in [2.75, 3.05) is 7.05 Å². The van der Waals surface area contributed by atoms with Crippen molar-refractivity contribution in [3.8, 4) is 0 Å². The van der Waals surface area contributed by atoms with E-state index in [1.807, 2.05) is 32.3 Å². The Labute approximate surface area is 117 Å². The highest BCUT2D eigenvalue weighted by atomic mass is 15.4. The van der Waals surface area contributed by atoms with E-state index in [2.05, 4.69) is 34.7 Å². The second-order valence-corrected chi connectivity index (χ2v) is 4.89. The van der Waals surface area contributed by atoms with E-state index in [-0.39, 0.29) is 6.04 Å². The van der Waals surface area contributed by atoms with E-state index in [9.17, 15) is 0 Å². The maximum absolute atomic E-state index is 4.77. The van der Waals surface area contributed by atoms with Gasteiger partial charge in [-0.2, -0.15) is 0 Å². The van der Waals surface area contributed by atoms with E-state index >= 15 is 0 Å². The third-order valence-corrected chi connectivity index (χ3v) is 3.57. The van der Waals surface area contributed by atoms with Crippen molar-refractivity contribution in [3.63, 3.8) is 0 Å². The average Bonchev–Trinajstić information content (AvgIpc) is 2.86. The largest absolute Gasteiger partial charge is 0.307 e. The topological polar surface area (TPSA) is 55.6 Å². The Morgan fingerprint density at radius 1 is 1.25 bits per heavy atom. The lowest BCUT2D eigenvalue weighted by Gasteiger charge is -2.17. The van der Waals surface area contributed by atoms with Gasteiger partial charge in [-0.05, 0) is 31.7 Å². The van der Waals surface area contributed by atoms with Crippen molar-refractivity contribution in [3.05, 3.63) is 53.5 Å². The number of fused-ring (bicyclic) bond motifs is 1. The third-order valence-electron chi connectivity index (χ3n) is 3.57. The molecular formula is C15H17N5. The molecule has 0 spiro atoms. The SMILES string of the molecule is CNC(c1cc(C)c2ccccc2n1)c1cnnn1C. The van der Waals surface area contributed by atoms with Gasteiger partial charge in [0, 0.05) is 12.4 Å². The maximum atomic E-state index is 4.77. The van der Waals surface area contributed by atoms with Gasteiger partial charge in [-0.15, -0.1) is 5.10 Å². The van der Waals surface area contributed by atoms with Gasteiger partial charge in [0.2, 0.25) is 0 Å². The first-order valence-corrected chi connectivity index (χ1v) is 6.59. The predicted molar refractivity (Wildman–Crippen MR) is 78.4 cm³/mol. The number of hydrogen-bond donors (Lipinski definition) is 1. The Morgan fingerprint density at radius 2 is 2.05 bits per heavy atom. The van der Waals surface area contributed by atoms with Gasteiger partial charge in [0.05, 0.1) is 29.1 Å². The van der Waals surface area contributed by atoms with Gasteiger partial charge in [-0.25, -0.2) is 0 Å². The number of benzene rings is 1. The Bertz CT molecular complexity index is 747. The molecule has 0 aliphatic carbocycles. The van der Waals surface area contributed by atoms with Crippen LogP contribution in [0.25, 0.3) is 10.9 Å². The van der Waals surface area contributed by atoms with Crippen LogP contribution in [0.15, 0.2) is 36.5 Å². The van der Waals surface area contributed by atoms with Crippen LogP contribution in [0.4, 0.5) is 0 Å². The first-order chi connectivity index (χ1) is 9.70. The van der Waals surface area contributed by atoms with Crippen LogP contribution in [0.1, 0.15) is 23.0 Å². The average molecular weight is 267 g/mol. The summed E-state index contributed by atoms with van der Waals surface area (Å²) < 4.78 is 1.77. The number of nitrogens with zero attached hydrogens (tertiary/aromatic N) is 4. The second kappa shape index (κ2) is 5.02. The van der Waals surface area contributed by atoms with Crippen molar-refractivity contribution in [1.82, 2.24) is 25.3 Å². The molecule has 0 amide bonds. The molecule has 0 fully saturated rings. The van der Waals surface area contributed by atoms with Crippen LogP contribution in [0, 0.1) is 6.92 Å². The summed E-state index contributed by atoms with van der Waals surface area (Å²) in [4.78, 5) is 4.77. The first-order valence-electron chi connectivity index (χ1n) is 6.59. The summed E-state index contributed by atoms with van der Waals surface area (Å²) >= 11 is 0. The fraction of sp³-hybridized carbons (Fsp3) is 0.267. The summed E-state index contributed by atoms with van der Waals surface area (Å²) in [7, 11) is 3.81. The maximum Gasteiger partial charge on any atom is 0.0936 e. The number of aryl methyl sites for hydroxylation is 2. The molecule has 3 rings (SSSR count). The fourth-order valence-electron chi connectivity index (χ4n) is 2.53. The Morgan fingerprint density at radius 3 is 2.75 bits per heavy atom. The van der Waals surface area contributed by atoms with Gasteiger partial charge in [0.25, 0.3) is 0 Å². The van der Waals surface area contributed by atoms with E-state index in [4.69, 9.17) is 4.98 Å². The number of hydrogen-bond acceptors (Lipinski definition) is 4. The van der Waals surface area contributed by atoms with Gasteiger partial charge in [-0.1, -0.05) is 23.4 Å². The standard InChI is InChI=1S/C15H17N5/c1-10-8-13(18-12-7-5-4-6-11(10)12)15(16-2)14-9-17-19-20(14)3/h4-9,15-16H,1-3H3. The van der Waals surface area contributed by atoms with Crippen LogP contribution in [0.5, 0.6) is 0 Å². The highest BCUT2D eigenvalue weighted by Crippen LogP contribution is 2.24. The normalized spacial score (nSPS) is 12.8. The molecular weight excluding hydrogens is 250 g/mol. The van der Waals surface area contributed by atoms with Crippen molar-refractivity contribution in [2.45, 2.75) is 13.0 Å². The van der Waals surface area contributed by atoms with Crippen molar-refractivity contribution in [2.24, 2.45) is 7.05 Å². The minimum Gasteiger partial charge on any atom is -0.307 e. The molecule has 3 aromatic rings. The molecule has 0 bridgehead atoms. The van der Waals surface area contributed by atoms with Gasteiger partial charge in [0.1, 0.15) is 0 Å². The summed E-state index contributed by atoms with van der Waals surface area (Å²) in [5.74, 6) is 0. The van der Waals surface area contributed by atoms with Crippen LogP contribution in [0.3, 0.4) is 0 Å². The van der Waals surface area contributed by atoms with Crippen LogP contribution < -0.4 is 5.32 Å². The van der Waals surface area contributed by atoms with E-state index in [1.54, 1.807) is 10.9 Å². The van der Waals surface area contributed by atoms with Crippen molar-refractivity contribution < 1.29 is 0 Å². The molecule has 0 aliphatic heterocycles. The Kier molecular flexibility index (Phi) is 3.20. The zero-order chi connectivity index (χ0) is 14.1. The van der Waals surface area contributed by atoms with E-state index in [1.165, 1.54) is 10.9 Å². The minimum absolute atomic E-state index is 0.0155.